The maximum atomic E-state index is 13.7. The van der Waals surface area contributed by atoms with E-state index in [-0.39, 0.29) is 26.7 Å². The molecular weight excluding hydrogens is 573 g/mol. The SMILES string of the molecule is Cc1cc(C(/C=C/c2ccc(C(=O)NCC(=O)NCC(F)(F)F)c(Br)c2)C(F)(F)F)cc(Cl)c1F. The average molecular weight is 590 g/mol. The van der Waals surface area contributed by atoms with Gasteiger partial charge in [0.05, 0.1) is 23.0 Å². The topological polar surface area (TPSA) is 58.2 Å². The van der Waals surface area contributed by atoms with Gasteiger partial charge in [-0.1, -0.05) is 35.9 Å². The predicted octanol–water partition coefficient (Wildman–Crippen LogP) is 6.32. The van der Waals surface area contributed by atoms with Crippen molar-refractivity contribution in [1.29, 1.82) is 0 Å². The number of rotatable bonds is 7. The fourth-order valence-corrected chi connectivity index (χ4v) is 3.74. The lowest BCUT2D eigenvalue weighted by atomic mass is 9.95. The molecule has 2 aromatic rings. The highest BCUT2D eigenvalue weighted by molar-refractivity contribution is 9.10. The Labute approximate surface area is 208 Å². The first-order chi connectivity index (χ1) is 16.1. The van der Waals surface area contributed by atoms with Crippen molar-refractivity contribution in [1.82, 2.24) is 10.6 Å². The number of carbonyl (C=O) groups is 2. The first-order valence-electron chi connectivity index (χ1n) is 9.70. The summed E-state index contributed by atoms with van der Waals surface area (Å²) < 4.78 is 91.1. The van der Waals surface area contributed by atoms with Gasteiger partial charge in [0.25, 0.3) is 5.91 Å². The molecule has 4 nitrogen and oxygen atoms in total. The van der Waals surface area contributed by atoms with Crippen LogP contribution in [-0.2, 0) is 4.79 Å². The number of carbonyl (C=O) groups excluding carboxylic acids is 2. The lowest BCUT2D eigenvalue weighted by molar-refractivity contribution is -0.139. The molecule has 0 bridgehead atoms. The Morgan fingerprint density at radius 2 is 1.74 bits per heavy atom. The zero-order valence-corrected chi connectivity index (χ0v) is 20.1. The quantitative estimate of drug-likeness (QED) is 0.372. The summed E-state index contributed by atoms with van der Waals surface area (Å²) in [4.78, 5) is 23.6. The Morgan fingerprint density at radius 1 is 1.09 bits per heavy atom. The second-order valence-electron chi connectivity index (χ2n) is 7.33. The minimum Gasteiger partial charge on any atom is -0.345 e. The fourth-order valence-electron chi connectivity index (χ4n) is 2.89. The van der Waals surface area contributed by atoms with Crippen LogP contribution in [0.3, 0.4) is 0 Å². The van der Waals surface area contributed by atoms with Crippen LogP contribution in [0.15, 0.2) is 40.9 Å². The fraction of sp³-hybridized carbons (Fsp3) is 0.273. The van der Waals surface area contributed by atoms with Gasteiger partial charge in [-0.3, -0.25) is 9.59 Å². The smallest absolute Gasteiger partial charge is 0.345 e. The Morgan fingerprint density at radius 3 is 2.29 bits per heavy atom. The van der Waals surface area contributed by atoms with Crippen LogP contribution in [0.2, 0.25) is 5.02 Å². The standard InChI is InChI=1S/C22H17BrClF7N2O2/c1-11-6-13(8-17(24)19(11)25)15(22(29,30)31)5-3-12-2-4-14(16(23)7-12)20(35)32-9-18(34)33-10-21(26,27)28/h2-8,15H,9-10H2,1H3,(H,32,35)(H,33,34)/b5-3+. The molecule has 0 radical (unpaired) electrons. The van der Waals surface area contributed by atoms with Gasteiger partial charge >= 0.3 is 12.4 Å². The number of alkyl halides is 6. The summed E-state index contributed by atoms with van der Waals surface area (Å²) in [6.07, 6.45) is -7.29. The first kappa shape index (κ1) is 28.6. The van der Waals surface area contributed by atoms with Gasteiger partial charge < -0.3 is 10.6 Å². The van der Waals surface area contributed by atoms with Crippen LogP contribution < -0.4 is 10.6 Å². The highest BCUT2D eigenvalue weighted by Crippen LogP contribution is 2.38. The van der Waals surface area contributed by atoms with Crippen molar-refractivity contribution in [3.8, 4) is 0 Å². The summed E-state index contributed by atoms with van der Waals surface area (Å²) >= 11 is 8.80. The lowest BCUT2D eigenvalue weighted by Crippen LogP contribution is -2.40. The first-order valence-corrected chi connectivity index (χ1v) is 10.9. The number of hydrogen-bond donors (Lipinski definition) is 2. The van der Waals surface area contributed by atoms with Crippen molar-refractivity contribution < 1.29 is 40.3 Å². The Hall–Kier alpha value is -2.60. The number of nitrogens with one attached hydrogen (secondary N) is 2. The van der Waals surface area contributed by atoms with E-state index >= 15 is 0 Å². The van der Waals surface area contributed by atoms with E-state index in [2.05, 4.69) is 21.2 Å². The van der Waals surface area contributed by atoms with Crippen molar-refractivity contribution in [3.63, 3.8) is 0 Å². The maximum absolute atomic E-state index is 13.7. The van der Waals surface area contributed by atoms with Crippen molar-refractivity contribution in [2.75, 3.05) is 13.1 Å². The van der Waals surface area contributed by atoms with Gasteiger partial charge in [0, 0.05) is 4.47 Å². The van der Waals surface area contributed by atoms with E-state index in [0.717, 1.165) is 24.3 Å². The van der Waals surface area contributed by atoms with E-state index in [0.29, 0.717) is 0 Å². The van der Waals surface area contributed by atoms with Gasteiger partial charge in [-0.05, 0) is 57.7 Å². The molecule has 0 saturated heterocycles. The van der Waals surface area contributed by atoms with Gasteiger partial charge in [0.1, 0.15) is 12.4 Å². The maximum Gasteiger partial charge on any atom is 0.405 e. The number of hydrogen-bond acceptors (Lipinski definition) is 2. The van der Waals surface area contributed by atoms with E-state index in [4.69, 9.17) is 11.6 Å². The molecule has 2 aromatic carbocycles. The molecule has 1 unspecified atom stereocenters. The number of halogens is 9. The summed E-state index contributed by atoms with van der Waals surface area (Å²) in [5.41, 5.74) is -0.0218. The van der Waals surface area contributed by atoms with E-state index in [1.54, 1.807) is 5.32 Å². The van der Waals surface area contributed by atoms with Crippen LogP contribution >= 0.6 is 27.5 Å². The molecule has 2 amide bonds. The van der Waals surface area contributed by atoms with Crippen molar-refractivity contribution >= 4 is 45.4 Å². The minimum atomic E-state index is -4.70. The zero-order chi connectivity index (χ0) is 26.6. The third-order valence-electron chi connectivity index (χ3n) is 4.56. The van der Waals surface area contributed by atoms with Crippen LogP contribution in [0, 0.1) is 12.7 Å². The number of aryl methyl sites for hydroxylation is 1. The molecule has 190 valence electrons. The zero-order valence-electron chi connectivity index (χ0n) is 17.8. The molecule has 0 saturated carbocycles. The minimum absolute atomic E-state index is 0.000848. The van der Waals surface area contributed by atoms with Gasteiger partial charge in [-0.25, -0.2) is 4.39 Å². The van der Waals surface area contributed by atoms with E-state index in [1.807, 2.05) is 0 Å². The van der Waals surface area contributed by atoms with Gasteiger partial charge in [-0.2, -0.15) is 26.3 Å². The molecule has 0 spiro atoms. The molecule has 0 aliphatic rings. The van der Waals surface area contributed by atoms with Crippen molar-refractivity contribution in [2.24, 2.45) is 0 Å². The van der Waals surface area contributed by atoms with Crippen LogP contribution in [0.4, 0.5) is 30.7 Å². The second kappa shape index (κ2) is 11.4. The average Bonchev–Trinajstić information content (AvgIpc) is 2.73. The molecule has 0 aromatic heterocycles. The van der Waals surface area contributed by atoms with Crippen LogP contribution in [-0.4, -0.2) is 37.3 Å². The summed E-state index contributed by atoms with van der Waals surface area (Å²) in [7, 11) is 0. The summed E-state index contributed by atoms with van der Waals surface area (Å²) in [6, 6.07) is 5.88. The Balaban J connectivity index is 2.15. The molecule has 2 rings (SSSR count). The van der Waals surface area contributed by atoms with Gasteiger partial charge in [-0.15, -0.1) is 0 Å². The summed E-state index contributed by atoms with van der Waals surface area (Å²) in [6.45, 7) is -0.965. The normalized spacial score (nSPS) is 13.1. The largest absolute Gasteiger partial charge is 0.405 e. The summed E-state index contributed by atoms with van der Waals surface area (Å²) in [5.74, 6) is -4.74. The monoisotopic (exact) mass is 588 g/mol. The highest BCUT2D eigenvalue weighted by atomic mass is 79.9. The second-order valence-corrected chi connectivity index (χ2v) is 8.59. The number of benzene rings is 2. The van der Waals surface area contributed by atoms with E-state index < -0.39 is 54.0 Å². The van der Waals surface area contributed by atoms with Crippen LogP contribution in [0.25, 0.3) is 6.08 Å². The van der Waals surface area contributed by atoms with Crippen LogP contribution in [0.1, 0.15) is 33.0 Å². The molecule has 0 aliphatic heterocycles. The molecular formula is C22H17BrClF7N2O2. The van der Waals surface area contributed by atoms with E-state index in [1.165, 1.54) is 25.1 Å². The number of allylic oxidation sites excluding steroid dienone is 1. The molecule has 1 atom stereocenters. The summed E-state index contributed by atoms with van der Waals surface area (Å²) in [5, 5.41) is 3.30. The molecule has 13 heteroatoms. The molecule has 0 aliphatic carbocycles. The Bertz CT molecular complexity index is 1110. The third kappa shape index (κ3) is 8.53. The lowest BCUT2D eigenvalue weighted by Gasteiger charge is -2.18. The van der Waals surface area contributed by atoms with Crippen molar-refractivity contribution in [3.05, 3.63) is 74.0 Å². The van der Waals surface area contributed by atoms with E-state index in [9.17, 15) is 40.3 Å². The molecule has 35 heavy (non-hydrogen) atoms. The van der Waals surface area contributed by atoms with Gasteiger partial charge in [0.15, 0.2) is 0 Å². The van der Waals surface area contributed by atoms with Crippen LogP contribution in [0.5, 0.6) is 0 Å². The highest BCUT2D eigenvalue weighted by Gasteiger charge is 2.39. The molecule has 0 heterocycles. The number of amides is 2. The van der Waals surface area contributed by atoms with Gasteiger partial charge in [0.2, 0.25) is 5.91 Å². The molecule has 0 fully saturated rings. The molecule has 2 N–H and O–H groups in total. The third-order valence-corrected chi connectivity index (χ3v) is 5.49. The Kier molecular flexibility index (Phi) is 9.35. The predicted molar refractivity (Wildman–Crippen MR) is 120 cm³/mol. The van der Waals surface area contributed by atoms with Crippen molar-refractivity contribution in [2.45, 2.75) is 25.2 Å².